The summed E-state index contributed by atoms with van der Waals surface area (Å²) >= 11 is 0. The third-order valence-electron chi connectivity index (χ3n) is 3.37. The lowest BCUT2D eigenvalue weighted by atomic mass is 9.90. The van der Waals surface area contributed by atoms with Gasteiger partial charge >= 0.3 is 0 Å². The Hall–Kier alpha value is -1.15. The molecule has 2 atom stereocenters. The summed E-state index contributed by atoms with van der Waals surface area (Å²) in [5, 5.41) is 3.33. The zero-order valence-electron chi connectivity index (χ0n) is 10.2. The topological polar surface area (TPSA) is 29.1 Å². The van der Waals surface area contributed by atoms with E-state index in [4.69, 9.17) is 0 Å². The minimum atomic E-state index is 0.154. The van der Waals surface area contributed by atoms with Crippen LogP contribution in [0.4, 0.5) is 0 Å². The molecule has 2 unspecified atom stereocenters. The van der Waals surface area contributed by atoms with Gasteiger partial charge in [0, 0.05) is 17.5 Å². The van der Waals surface area contributed by atoms with E-state index in [1.54, 1.807) is 0 Å². The highest BCUT2D eigenvalue weighted by Crippen LogP contribution is 2.21. The fourth-order valence-corrected chi connectivity index (χ4v) is 2.55. The molecule has 86 valence electrons. The van der Waals surface area contributed by atoms with Gasteiger partial charge in [-0.2, -0.15) is 0 Å². The van der Waals surface area contributed by atoms with Crippen molar-refractivity contribution < 1.29 is 4.79 Å². The van der Waals surface area contributed by atoms with Gasteiger partial charge in [0.15, 0.2) is 5.78 Å². The van der Waals surface area contributed by atoms with Gasteiger partial charge in [0.25, 0.3) is 0 Å². The molecule has 0 saturated carbocycles. The number of hydrogen-bond donors (Lipinski definition) is 1. The number of rotatable bonds is 2. The molecule has 1 heterocycles. The molecule has 0 amide bonds. The van der Waals surface area contributed by atoms with Crippen LogP contribution in [0.15, 0.2) is 18.2 Å². The first-order chi connectivity index (χ1) is 7.58. The predicted octanol–water partition coefficient (Wildman–Crippen LogP) is 2.48. The zero-order chi connectivity index (χ0) is 11.7. The summed E-state index contributed by atoms with van der Waals surface area (Å²) in [5.41, 5.74) is 3.21. The molecule has 0 spiro atoms. The summed E-state index contributed by atoms with van der Waals surface area (Å²) in [6.07, 6.45) is 0.965. The van der Waals surface area contributed by atoms with Gasteiger partial charge < -0.3 is 5.32 Å². The van der Waals surface area contributed by atoms with E-state index in [0.717, 1.165) is 18.5 Å². The Labute approximate surface area is 97.1 Å². The van der Waals surface area contributed by atoms with Crippen LogP contribution in [0, 0.1) is 19.8 Å². The minimum Gasteiger partial charge on any atom is -0.313 e. The largest absolute Gasteiger partial charge is 0.313 e. The highest BCUT2D eigenvalue weighted by Gasteiger charge is 2.29. The maximum absolute atomic E-state index is 12.3. The Morgan fingerprint density at radius 1 is 1.25 bits per heavy atom. The van der Waals surface area contributed by atoms with Crippen LogP contribution < -0.4 is 5.32 Å². The molecule has 1 aromatic carbocycles. The Morgan fingerprint density at radius 2 is 1.88 bits per heavy atom. The summed E-state index contributed by atoms with van der Waals surface area (Å²) in [4.78, 5) is 12.3. The van der Waals surface area contributed by atoms with Crippen molar-refractivity contribution in [1.82, 2.24) is 5.32 Å². The highest BCUT2D eigenvalue weighted by atomic mass is 16.1. The molecule has 2 rings (SSSR count). The third kappa shape index (κ3) is 2.17. The van der Waals surface area contributed by atoms with E-state index in [1.165, 1.54) is 11.1 Å². The number of carbonyl (C=O) groups is 1. The molecule has 0 bridgehead atoms. The maximum Gasteiger partial charge on any atom is 0.167 e. The minimum absolute atomic E-state index is 0.154. The first kappa shape index (κ1) is 11.3. The standard InChI is InChI=1S/C14H19NO/c1-9-6-10(2)8-12(7-9)14(16)13-4-5-15-11(13)3/h6-8,11,13,15H,4-5H2,1-3H3. The number of carbonyl (C=O) groups excluding carboxylic acids is 1. The molecule has 1 N–H and O–H groups in total. The molecule has 2 heteroatoms. The van der Waals surface area contributed by atoms with Crippen molar-refractivity contribution in [3.05, 3.63) is 34.9 Å². The van der Waals surface area contributed by atoms with E-state index >= 15 is 0 Å². The molecular formula is C14H19NO. The third-order valence-corrected chi connectivity index (χ3v) is 3.37. The molecule has 16 heavy (non-hydrogen) atoms. The lowest BCUT2D eigenvalue weighted by molar-refractivity contribution is 0.0914. The Bertz CT molecular complexity index is 391. The maximum atomic E-state index is 12.3. The Kier molecular flexibility index (Phi) is 3.10. The van der Waals surface area contributed by atoms with Gasteiger partial charge in [0.05, 0.1) is 0 Å². The lowest BCUT2D eigenvalue weighted by Crippen LogP contribution is -2.28. The van der Waals surface area contributed by atoms with Crippen molar-refractivity contribution in [3.8, 4) is 0 Å². The number of benzene rings is 1. The van der Waals surface area contributed by atoms with Gasteiger partial charge in [0.1, 0.15) is 0 Å². The van der Waals surface area contributed by atoms with Gasteiger partial charge in [-0.15, -0.1) is 0 Å². The van der Waals surface area contributed by atoms with Crippen molar-refractivity contribution in [2.45, 2.75) is 33.2 Å². The summed E-state index contributed by atoms with van der Waals surface area (Å²) in [7, 11) is 0. The quantitative estimate of drug-likeness (QED) is 0.771. The lowest BCUT2D eigenvalue weighted by Gasteiger charge is -2.14. The van der Waals surface area contributed by atoms with Crippen LogP contribution in [0.1, 0.15) is 34.8 Å². The van der Waals surface area contributed by atoms with Gasteiger partial charge in [0.2, 0.25) is 0 Å². The summed E-state index contributed by atoms with van der Waals surface area (Å²) in [6, 6.07) is 6.42. The van der Waals surface area contributed by atoms with Crippen molar-refractivity contribution in [1.29, 1.82) is 0 Å². The molecule has 1 saturated heterocycles. The molecule has 1 aliphatic heterocycles. The van der Waals surface area contributed by atoms with Gasteiger partial charge in [-0.3, -0.25) is 4.79 Å². The van der Waals surface area contributed by atoms with Crippen LogP contribution in [0.3, 0.4) is 0 Å². The van der Waals surface area contributed by atoms with Crippen molar-refractivity contribution >= 4 is 5.78 Å². The first-order valence-electron chi connectivity index (χ1n) is 5.94. The average Bonchev–Trinajstić information content (AvgIpc) is 2.62. The molecule has 1 aliphatic rings. The number of nitrogens with one attached hydrogen (secondary N) is 1. The second-order valence-corrected chi connectivity index (χ2v) is 4.88. The Morgan fingerprint density at radius 3 is 2.38 bits per heavy atom. The fraction of sp³-hybridized carbons (Fsp3) is 0.500. The molecular weight excluding hydrogens is 198 g/mol. The van der Waals surface area contributed by atoms with Crippen molar-refractivity contribution in [2.75, 3.05) is 6.54 Å². The number of ketones is 1. The fourth-order valence-electron chi connectivity index (χ4n) is 2.55. The molecule has 0 aromatic heterocycles. The SMILES string of the molecule is Cc1cc(C)cc(C(=O)C2CCNC2C)c1. The van der Waals surface area contributed by atoms with E-state index in [0.29, 0.717) is 11.8 Å². The van der Waals surface area contributed by atoms with Crippen LogP contribution in [-0.2, 0) is 0 Å². The Balaban J connectivity index is 2.26. The number of aryl methyl sites for hydroxylation is 2. The second kappa shape index (κ2) is 4.38. The number of hydrogen-bond acceptors (Lipinski definition) is 2. The van der Waals surface area contributed by atoms with E-state index in [9.17, 15) is 4.79 Å². The predicted molar refractivity (Wildman–Crippen MR) is 65.8 cm³/mol. The molecule has 1 aromatic rings. The monoisotopic (exact) mass is 217 g/mol. The molecule has 1 fully saturated rings. The van der Waals surface area contributed by atoms with Crippen LogP contribution in [0.25, 0.3) is 0 Å². The summed E-state index contributed by atoms with van der Waals surface area (Å²) < 4.78 is 0. The molecule has 2 nitrogen and oxygen atoms in total. The van der Waals surface area contributed by atoms with Crippen molar-refractivity contribution in [3.63, 3.8) is 0 Å². The average molecular weight is 217 g/mol. The van der Waals surface area contributed by atoms with Gasteiger partial charge in [-0.1, -0.05) is 17.2 Å². The van der Waals surface area contributed by atoms with Crippen molar-refractivity contribution in [2.24, 2.45) is 5.92 Å². The zero-order valence-corrected chi connectivity index (χ0v) is 10.2. The van der Waals surface area contributed by atoms with Gasteiger partial charge in [-0.25, -0.2) is 0 Å². The highest BCUT2D eigenvalue weighted by molar-refractivity contribution is 5.98. The van der Waals surface area contributed by atoms with E-state index < -0.39 is 0 Å². The number of Topliss-reactive ketones (excluding diaryl/α,β-unsaturated/α-hetero) is 1. The van der Waals surface area contributed by atoms with E-state index in [1.807, 2.05) is 26.0 Å². The van der Waals surface area contributed by atoms with E-state index in [2.05, 4.69) is 18.3 Å². The van der Waals surface area contributed by atoms with Crippen LogP contribution in [0.5, 0.6) is 0 Å². The second-order valence-electron chi connectivity index (χ2n) is 4.88. The van der Waals surface area contributed by atoms with Crippen LogP contribution in [0.2, 0.25) is 0 Å². The summed E-state index contributed by atoms with van der Waals surface area (Å²) in [6.45, 7) is 7.14. The normalized spacial score (nSPS) is 24.7. The smallest absolute Gasteiger partial charge is 0.167 e. The summed E-state index contributed by atoms with van der Waals surface area (Å²) in [5.74, 6) is 0.450. The molecule has 0 radical (unpaired) electrons. The van der Waals surface area contributed by atoms with E-state index in [-0.39, 0.29) is 5.92 Å². The van der Waals surface area contributed by atoms with Crippen LogP contribution >= 0.6 is 0 Å². The molecule has 0 aliphatic carbocycles. The van der Waals surface area contributed by atoms with Gasteiger partial charge in [-0.05, 0) is 45.9 Å². The first-order valence-corrected chi connectivity index (χ1v) is 5.94. The van der Waals surface area contributed by atoms with Crippen LogP contribution in [-0.4, -0.2) is 18.4 Å².